The van der Waals surface area contributed by atoms with E-state index in [4.69, 9.17) is 72.7 Å². The van der Waals surface area contributed by atoms with E-state index >= 15 is 0 Å². The Morgan fingerprint density at radius 3 is 1.47 bits per heavy atom. The zero-order chi connectivity index (χ0) is 50.3. The summed E-state index contributed by atoms with van der Waals surface area (Å²) in [6.07, 6.45) is 8.30. The molecule has 6 aromatic heterocycles. The molecule has 0 unspecified atom stereocenters. The average Bonchev–Trinajstić information content (AvgIpc) is 4.35. The highest BCUT2D eigenvalue weighted by molar-refractivity contribution is 6.29. The highest BCUT2D eigenvalue weighted by Gasteiger charge is 2.30. The number of morpholine rings is 4. The normalized spacial score (nSPS) is 18.9. The van der Waals surface area contributed by atoms with E-state index in [1.54, 1.807) is 12.4 Å². The quantitative estimate of drug-likeness (QED) is 0.114. The summed E-state index contributed by atoms with van der Waals surface area (Å²) in [6.45, 7) is 22.1. The van der Waals surface area contributed by atoms with Gasteiger partial charge in [0.15, 0.2) is 45.6 Å². The lowest BCUT2D eigenvalue weighted by atomic mass is 10.2. The highest BCUT2D eigenvalue weighted by Crippen LogP contribution is 2.37. The lowest BCUT2D eigenvalue weighted by Crippen LogP contribution is -2.39. The fourth-order valence-electron chi connectivity index (χ4n) is 9.33. The Kier molecular flexibility index (Phi) is 16.5. The first-order valence-corrected chi connectivity index (χ1v) is 26.2. The predicted octanol–water partition coefficient (Wildman–Crippen LogP) is 2.52. The number of hydrogen-bond donors (Lipinski definition) is 4. The van der Waals surface area contributed by atoms with Crippen LogP contribution in [0.4, 0.5) is 29.5 Å². The maximum atomic E-state index is 6.50. The number of hydrogen-bond acceptors (Lipinski definition) is 22. The minimum absolute atomic E-state index is 0.234. The van der Waals surface area contributed by atoms with Gasteiger partial charge in [-0.25, -0.2) is 49.8 Å². The minimum atomic E-state index is 0.234. The van der Waals surface area contributed by atoms with Gasteiger partial charge in [-0.3, -0.25) is 18.9 Å². The van der Waals surface area contributed by atoms with Crippen LogP contribution in [0.3, 0.4) is 0 Å². The van der Waals surface area contributed by atoms with E-state index in [0.717, 1.165) is 180 Å². The first-order chi connectivity index (χ1) is 35.7. The van der Waals surface area contributed by atoms with E-state index in [2.05, 4.69) is 54.4 Å². The van der Waals surface area contributed by atoms with Gasteiger partial charge >= 0.3 is 0 Å². The lowest BCUT2D eigenvalue weighted by molar-refractivity contribution is 0.0394. The maximum Gasteiger partial charge on any atom is 0.220 e. The third kappa shape index (κ3) is 12.6. The largest absolute Gasteiger partial charge is 0.379 e. The number of nitrogen functional groups attached to an aromatic ring is 2. The van der Waals surface area contributed by atoms with Gasteiger partial charge in [-0.2, -0.15) is 0 Å². The summed E-state index contributed by atoms with van der Waals surface area (Å²) in [5.74, 6) is 5.40. The zero-order valence-electron chi connectivity index (χ0n) is 42.1. The molecule has 2 saturated carbocycles. The number of aromatic nitrogens is 12. The summed E-state index contributed by atoms with van der Waals surface area (Å²) in [5.41, 5.74) is 23.1. The Labute approximate surface area is 429 Å². The standard InChI is InChI=1S/C24H34N10O2.C18H21ClN8O.C6H14N2O/c1-16-18(14-27-23(25)28-16)20-30-21(33-8-12-36-13-9-33)19-22(31-20)34(15-17-2-3-17)24(29-19)26-4-5-32-6-10-35-11-7-32;1-10-12(8-21-18(20)22-10)14-24-15(26-4-6-28-7-5-26)13-16(25-14)27(17(19)23-13)9-11-2-3-11;7-1-2-8-3-5-9-6-4-8/h14,17H,2-13,15H2,1H3,(H,26,29)(H2,25,27,28);8,11H,2-7,9H2,1H3,(H2,20,21,22);1-7H2. The molecule has 6 fully saturated rings. The predicted molar refractivity (Wildman–Crippen MR) is 280 cm³/mol. The van der Waals surface area contributed by atoms with Crippen molar-refractivity contribution in [3.63, 3.8) is 0 Å². The number of anilines is 5. The van der Waals surface area contributed by atoms with E-state index in [0.29, 0.717) is 55.2 Å². The summed E-state index contributed by atoms with van der Waals surface area (Å²) in [6, 6.07) is 0. The van der Waals surface area contributed by atoms with Gasteiger partial charge in [0.05, 0.1) is 75.4 Å². The molecular formula is C48H69ClN20O4. The molecule has 25 heteroatoms. The van der Waals surface area contributed by atoms with Crippen molar-refractivity contribution in [1.29, 1.82) is 0 Å². The third-order valence-electron chi connectivity index (χ3n) is 13.8. The van der Waals surface area contributed by atoms with Crippen molar-refractivity contribution in [2.75, 3.05) is 158 Å². The third-order valence-corrected chi connectivity index (χ3v) is 14.1. The van der Waals surface area contributed by atoms with Gasteiger partial charge in [0.1, 0.15) is 0 Å². The van der Waals surface area contributed by atoms with E-state index in [1.807, 2.05) is 18.4 Å². The minimum Gasteiger partial charge on any atom is -0.379 e. The molecule has 0 spiro atoms. The Morgan fingerprint density at radius 1 is 0.562 bits per heavy atom. The second-order valence-corrected chi connectivity index (χ2v) is 19.6. The van der Waals surface area contributed by atoms with Crippen molar-refractivity contribution in [1.82, 2.24) is 68.8 Å². The SMILES string of the molecule is Cc1nc(N)ncc1-c1nc(N2CCOCC2)c2nc(Cl)n(CC3CC3)c2n1.Cc1nc(N)ncc1-c1nc(N2CCOCC2)c2nc(NCCN3CCOCC3)n(CC3CC3)c2n1.NCCN1CCOCC1. The molecule has 0 aromatic carbocycles. The van der Waals surface area contributed by atoms with Crippen LogP contribution in [0.15, 0.2) is 12.4 Å². The monoisotopic (exact) mass is 1020 g/mol. The van der Waals surface area contributed by atoms with Gasteiger partial charge in [0.2, 0.25) is 23.1 Å². The number of ether oxygens (including phenoxy) is 4. The van der Waals surface area contributed by atoms with Crippen LogP contribution in [0, 0.1) is 25.7 Å². The average molecular weight is 1030 g/mol. The van der Waals surface area contributed by atoms with Gasteiger partial charge in [-0.15, -0.1) is 0 Å². The molecule has 12 rings (SSSR count). The summed E-state index contributed by atoms with van der Waals surface area (Å²) < 4.78 is 26.0. The Balaban J connectivity index is 0.000000146. The van der Waals surface area contributed by atoms with Crippen LogP contribution in [-0.4, -0.2) is 200 Å². The smallest absolute Gasteiger partial charge is 0.220 e. The molecule has 24 nitrogen and oxygen atoms in total. The van der Waals surface area contributed by atoms with Gasteiger partial charge in [0.25, 0.3) is 0 Å². The van der Waals surface area contributed by atoms with Crippen LogP contribution in [-0.2, 0) is 32.0 Å². The first kappa shape index (κ1) is 50.8. The van der Waals surface area contributed by atoms with Crippen LogP contribution in [0.5, 0.6) is 0 Å². The van der Waals surface area contributed by atoms with E-state index in [9.17, 15) is 0 Å². The van der Waals surface area contributed by atoms with Crippen LogP contribution in [0.1, 0.15) is 37.1 Å². The molecule has 7 N–H and O–H groups in total. The molecule has 4 saturated heterocycles. The Morgan fingerprint density at radius 2 is 1.00 bits per heavy atom. The highest BCUT2D eigenvalue weighted by atomic mass is 35.5. The number of nitrogens with zero attached hydrogens (tertiary/aromatic N) is 16. The molecule has 392 valence electrons. The lowest BCUT2D eigenvalue weighted by Gasteiger charge is -2.28. The van der Waals surface area contributed by atoms with Crippen LogP contribution >= 0.6 is 11.6 Å². The Hall–Kier alpha value is -5.73. The molecule has 10 heterocycles. The summed E-state index contributed by atoms with van der Waals surface area (Å²) in [4.78, 5) is 55.5. The van der Waals surface area contributed by atoms with Gasteiger partial charge in [-0.1, -0.05) is 0 Å². The van der Waals surface area contributed by atoms with Crippen LogP contribution in [0.2, 0.25) is 5.28 Å². The number of imidazole rings is 2. The van der Waals surface area contributed by atoms with E-state index in [1.165, 1.54) is 25.7 Å². The van der Waals surface area contributed by atoms with Crippen molar-refractivity contribution in [3.05, 3.63) is 29.1 Å². The molecule has 73 heavy (non-hydrogen) atoms. The number of aryl methyl sites for hydroxylation is 2. The van der Waals surface area contributed by atoms with Crippen molar-refractivity contribution < 1.29 is 18.9 Å². The Bertz CT molecular complexity index is 2800. The second-order valence-electron chi connectivity index (χ2n) is 19.3. The second kappa shape index (κ2) is 23.6. The number of fused-ring (bicyclic) bond motifs is 2. The molecule has 0 atom stereocenters. The first-order valence-electron chi connectivity index (χ1n) is 25.8. The molecule has 2 aliphatic carbocycles. The maximum absolute atomic E-state index is 6.50. The number of rotatable bonds is 14. The molecule has 6 aromatic rings. The number of nitrogens with two attached hydrogens (primary N) is 3. The topological polar surface area (TPSA) is 279 Å². The molecule has 0 radical (unpaired) electrons. The molecular weight excluding hydrogens is 956 g/mol. The van der Waals surface area contributed by atoms with E-state index < -0.39 is 0 Å². The van der Waals surface area contributed by atoms with Crippen LogP contribution in [0.25, 0.3) is 45.1 Å². The molecule has 4 aliphatic heterocycles. The fraction of sp³-hybridized carbons (Fsp3) is 0.625. The zero-order valence-corrected chi connectivity index (χ0v) is 42.8. The summed E-state index contributed by atoms with van der Waals surface area (Å²) >= 11 is 6.50. The molecule has 0 amide bonds. The van der Waals surface area contributed by atoms with E-state index in [-0.39, 0.29) is 11.9 Å². The fourth-order valence-corrected chi connectivity index (χ4v) is 9.57. The number of halogens is 1. The van der Waals surface area contributed by atoms with Gasteiger partial charge in [-0.05, 0) is 63.0 Å². The van der Waals surface area contributed by atoms with Gasteiger partial charge in [0, 0.05) is 104 Å². The number of nitrogens with one attached hydrogen (secondary N) is 1. The van der Waals surface area contributed by atoms with Crippen molar-refractivity contribution in [3.8, 4) is 22.8 Å². The molecule has 6 aliphatic rings. The van der Waals surface area contributed by atoms with Crippen molar-refractivity contribution in [2.24, 2.45) is 17.6 Å². The van der Waals surface area contributed by atoms with Crippen molar-refractivity contribution >= 4 is 63.4 Å². The summed E-state index contributed by atoms with van der Waals surface area (Å²) in [5, 5.41) is 4.06. The van der Waals surface area contributed by atoms with Crippen molar-refractivity contribution in [2.45, 2.75) is 52.6 Å². The van der Waals surface area contributed by atoms with Gasteiger partial charge < -0.3 is 51.3 Å². The summed E-state index contributed by atoms with van der Waals surface area (Å²) in [7, 11) is 0. The molecule has 0 bridgehead atoms. The van der Waals surface area contributed by atoms with Crippen LogP contribution < -0.4 is 32.3 Å².